The third-order valence-corrected chi connectivity index (χ3v) is 10.3. The number of amides is 1. The number of nitrogens with zero attached hydrogens (tertiary/aromatic N) is 5. The van der Waals surface area contributed by atoms with Gasteiger partial charge in [-0.15, -0.1) is 0 Å². The first-order valence-corrected chi connectivity index (χ1v) is 17.7. The number of aliphatic hydroxyl groups is 1. The van der Waals surface area contributed by atoms with Gasteiger partial charge in [-0.3, -0.25) is 9.46 Å². The smallest absolute Gasteiger partial charge is 0.416 e. The van der Waals surface area contributed by atoms with Crippen LogP contribution in [0.3, 0.4) is 0 Å². The number of aromatic nitrogens is 4. The Morgan fingerprint density at radius 3 is 2.43 bits per heavy atom. The van der Waals surface area contributed by atoms with E-state index in [-0.39, 0.29) is 31.1 Å². The molecule has 15 nitrogen and oxygen atoms in total. The Bertz CT molecular complexity index is 1420. The maximum Gasteiger partial charge on any atom is 0.416 e. The Kier molecular flexibility index (Phi) is 10.7. The van der Waals surface area contributed by atoms with E-state index in [1.54, 1.807) is 38.8 Å². The van der Waals surface area contributed by atoms with Crippen molar-refractivity contribution in [2.24, 2.45) is 0 Å². The number of hydrogen-bond donors (Lipinski definition) is 1. The third-order valence-electron chi connectivity index (χ3n) is 7.86. The molecule has 1 N–H and O–H groups in total. The zero-order valence-electron chi connectivity index (χ0n) is 27.4. The normalized spacial score (nSPS) is 25.7. The second kappa shape index (κ2) is 13.9. The number of carbonyl (C=O) groups excluding carboxylic acids is 1. The largest absolute Gasteiger partial charge is 0.443 e. The first kappa shape index (κ1) is 35.4. The molecule has 1 aliphatic carbocycles. The first-order valence-electron chi connectivity index (χ1n) is 15.8. The molecule has 46 heavy (non-hydrogen) atoms. The van der Waals surface area contributed by atoms with Crippen molar-refractivity contribution in [2.75, 3.05) is 31.3 Å². The topological polar surface area (TPSA) is 166 Å². The van der Waals surface area contributed by atoms with E-state index in [1.807, 2.05) is 20.8 Å². The molecule has 2 aromatic heterocycles. The van der Waals surface area contributed by atoms with Crippen LogP contribution in [0.1, 0.15) is 80.4 Å². The van der Waals surface area contributed by atoms with Crippen molar-refractivity contribution in [3.63, 3.8) is 0 Å². The summed E-state index contributed by atoms with van der Waals surface area (Å²) in [6.45, 7) is 11.9. The molecular formula is C29H45ClN5O10P. The van der Waals surface area contributed by atoms with Gasteiger partial charge in [0.15, 0.2) is 29.3 Å². The highest BCUT2D eigenvalue weighted by Gasteiger charge is 2.57. The van der Waals surface area contributed by atoms with Gasteiger partial charge in [-0.05, 0) is 72.9 Å². The standard InChI is InChI=1S/C29H45ClN5O10P/c1-8-40-46(38,41-9-2)20(15-36)39-16-19-21-22(44-29(6,7)43-21)25(42-19)35-24-18(14-31-35)23(32-26(30)33-24)34(17-12-10-11-13-17)27(37)45-28(3,4)5/h14,17,19-22,25,36H,8-13,15-16H2,1-7H3/t19-,20+,21-,22-,25-/m1/s1. The van der Waals surface area contributed by atoms with E-state index >= 15 is 0 Å². The van der Waals surface area contributed by atoms with Crippen LogP contribution in [-0.4, -0.2) is 99.0 Å². The fourth-order valence-electron chi connectivity index (χ4n) is 6.14. The molecule has 3 fully saturated rings. The number of hydrogen-bond acceptors (Lipinski definition) is 13. The molecule has 0 radical (unpaired) electrons. The highest BCUT2D eigenvalue weighted by atomic mass is 35.5. The summed E-state index contributed by atoms with van der Waals surface area (Å²) in [5.74, 6) is -1.90. The lowest BCUT2D eigenvalue weighted by Crippen LogP contribution is -2.43. The summed E-state index contributed by atoms with van der Waals surface area (Å²) in [6.07, 6.45) is 1.73. The van der Waals surface area contributed by atoms with Gasteiger partial charge in [-0.25, -0.2) is 9.48 Å². The van der Waals surface area contributed by atoms with E-state index in [4.69, 9.17) is 44.3 Å². The van der Waals surface area contributed by atoms with E-state index in [0.717, 1.165) is 25.7 Å². The van der Waals surface area contributed by atoms with Crippen molar-refractivity contribution in [3.8, 4) is 0 Å². The van der Waals surface area contributed by atoms with Crippen molar-refractivity contribution in [1.29, 1.82) is 0 Å². The molecule has 4 heterocycles. The predicted molar refractivity (Wildman–Crippen MR) is 167 cm³/mol. The van der Waals surface area contributed by atoms with Crippen molar-refractivity contribution in [3.05, 3.63) is 11.5 Å². The summed E-state index contributed by atoms with van der Waals surface area (Å²) in [5.41, 5.74) is -0.399. The maximum absolute atomic E-state index is 13.6. The quantitative estimate of drug-likeness (QED) is 0.229. The molecule has 1 amide bonds. The maximum atomic E-state index is 13.6. The minimum absolute atomic E-state index is 0.0810. The number of halogens is 1. The molecule has 5 atom stereocenters. The van der Waals surface area contributed by atoms with Crippen LogP contribution in [-0.2, 0) is 37.3 Å². The Morgan fingerprint density at radius 2 is 1.83 bits per heavy atom. The van der Waals surface area contributed by atoms with Crippen LogP contribution in [0.15, 0.2) is 6.20 Å². The summed E-state index contributed by atoms with van der Waals surface area (Å²) in [6, 6.07) is -0.128. The van der Waals surface area contributed by atoms with E-state index < -0.39 is 62.1 Å². The van der Waals surface area contributed by atoms with Crippen molar-refractivity contribution in [2.45, 2.75) is 122 Å². The minimum atomic E-state index is -3.78. The average Bonchev–Trinajstić information content (AvgIpc) is 3.73. The van der Waals surface area contributed by atoms with Crippen LogP contribution in [0.4, 0.5) is 10.6 Å². The molecule has 0 spiro atoms. The lowest BCUT2D eigenvalue weighted by molar-refractivity contribution is -0.204. The molecule has 258 valence electrons. The predicted octanol–water partition coefficient (Wildman–Crippen LogP) is 5.18. The molecule has 17 heteroatoms. The number of aliphatic hydroxyl groups excluding tert-OH is 1. The highest BCUT2D eigenvalue weighted by Crippen LogP contribution is 2.54. The molecule has 0 unspecified atom stereocenters. The Balaban J connectivity index is 1.47. The van der Waals surface area contributed by atoms with Crippen LogP contribution in [0.5, 0.6) is 0 Å². The van der Waals surface area contributed by atoms with Crippen molar-refractivity contribution >= 4 is 42.1 Å². The Morgan fingerprint density at radius 1 is 1.17 bits per heavy atom. The van der Waals surface area contributed by atoms with Gasteiger partial charge in [0, 0.05) is 6.04 Å². The second-order valence-electron chi connectivity index (χ2n) is 12.9. The number of anilines is 1. The average molecular weight is 690 g/mol. The lowest BCUT2D eigenvalue weighted by Gasteiger charge is -2.31. The summed E-state index contributed by atoms with van der Waals surface area (Å²) in [5, 5.41) is 15.0. The lowest BCUT2D eigenvalue weighted by atomic mass is 10.1. The molecule has 5 rings (SSSR count). The van der Waals surface area contributed by atoms with Crippen LogP contribution >= 0.6 is 19.2 Å². The Hall–Kier alpha value is -1.94. The van der Waals surface area contributed by atoms with Gasteiger partial charge >= 0.3 is 13.7 Å². The highest BCUT2D eigenvalue weighted by molar-refractivity contribution is 7.54. The van der Waals surface area contributed by atoms with Gasteiger partial charge in [0.05, 0.1) is 38.0 Å². The monoisotopic (exact) mass is 689 g/mol. The first-order chi connectivity index (χ1) is 21.7. The van der Waals surface area contributed by atoms with Gasteiger partial charge < -0.3 is 37.8 Å². The van der Waals surface area contributed by atoms with Gasteiger partial charge in [0.25, 0.3) is 0 Å². The number of rotatable bonds is 12. The van der Waals surface area contributed by atoms with Crippen molar-refractivity contribution in [1.82, 2.24) is 19.7 Å². The third kappa shape index (κ3) is 7.37. The molecule has 0 bridgehead atoms. The molecule has 2 aliphatic heterocycles. The van der Waals surface area contributed by atoms with E-state index in [1.165, 1.54) is 4.68 Å². The summed E-state index contributed by atoms with van der Waals surface area (Å²) in [7, 11) is -3.78. The Labute approximate surface area is 273 Å². The van der Waals surface area contributed by atoms with Crippen LogP contribution in [0, 0.1) is 0 Å². The van der Waals surface area contributed by atoms with Crippen LogP contribution in [0.2, 0.25) is 5.28 Å². The molecule has 3 aliphatic rings. The van der Waals surface area contributed by atoms with Gasteiger partial charge in [0.2, 0.25) is 5.28 Å². The number of carbonyl (C=O) groups is 1. The molecule has 2 saturated heterocycles. The summed E-state index contributed by atoms with van der Waals surface area (Å²) < 4.78 is 56.2. The van der Waals surface area contributed by atoms with Crippen LogP contribution < -0.4 is 4.90 Å². The fourth-order valence-corrected chi connectivity index (χ4v) is 7.90. The zero-order valence-corrected chi connectivity index (χ0v) is 29.0. The van der Waals surface area contributed by atoms with E-state index in [9.17, 15) is 14.5 Å². The van der Waals surface area contributed by atoms with E-state index in [0.29, 0.717) is 16.9 Å². The minimum Gasteiger partial charge on any atom is -0.443 e. The number of fused-ring (bicyclic) bond motifs is 2. The molecule has 0 aromatic carbocycles. The van der Waals surface area contributed by atoms with Gasteiger partial charge in [0.1, 0.15) is 23.9 Å². The zero-order chi connectivity index (χ0) is 33.4. The summed E-state index contributed by atoms with van der Waals surface area (Å²) in [4.78, 5) is 24.1. The second-order valence-corrected chi connectivity index (χ2v) is 15.4. The van der Waals surface area contributed by atoms with E-state index in [2.05, 4.69) is 15.1 Å². The van der Waals surface area contributed by atoms with Crippen molar-refractivity contribution < 1.29 is 47.2 Å². The van der Waals surface area contributed by atoms with Crippen LogP contribution in [0.25, 0.3) is 11.0 Å². The molecule has 1 saturated carbocycles. The fraction of sp³-hybridized carbons (Fsp3) is 0.793. The SMILES string of the molecule is CCOP(=O)(OCC)[C@@H](CO)OC[C@H]1O[C@@H](n2ncc3c(N(C(=O)OC(C)(C)C)C4CCCC4)nc(Cl)nc32)[C@@H]2OC(C)(C)O[C@@H]21. The summed E-state index contributed by atoms with van der Waals surface area (Å²) >= 11 is 6.50. The van der Waals surface area contributed by atoms with Gasteiger partial charge in [-0.1, -0.05) is 12.8 Å². The molecule has 2 aromatic rings. The number of ether oxygens (including phenoxy) is 5. The molecular weight excluding hydrogens is 645 g/mol. The van der Waals surface area contributed by atoms with Gasteiger partial charge in [-0.2, -0.15) is 15.1 Å².